The zero-order valence-electron chi connectivity index (χ0n) is 19.0. The third-order valence-electron chi connectivity index (χ3n) is 5.67. The van der Waals surface area contributed by atoms with Gasteiger partial charge in [-0.15, -0.1) is 0 Å². The SMILES string of the molecule is CCCCNC(=O)[C@@H](CC)N(Cc1c(Cl)cccc1Cl)C(=O)CCc1ccc2c(c1)OCO2. The number of aryl methyl sites for hydroxylation is 1. The van der Waals surface area contributed by atoms with Crippen molar-refractivity contribution in [2.45, 2.75) is 58.5 Å². The fourth-order valence-electron chi connectivity index (χ4n) is 3.77. The van der Waals surface area contributed by atoms with Crippen LogP contribution in [-0.4, -0.2) is 36.1 Å². The van der Waals surface area contributed by atoms with Crippen molar-refractivity contribution < 1.29 is 19.1 Å². The fraction of sp³-hybridized carbons (Fsp3) is 0.440. The molecule has 2 amide bonds. The van der Waals surface area contributed by atoms with Gasteiger partial charge in [0, 0.05) is 35.1 Å². The van der Waals surface area contributed by atoms with Crippen LogP contribution in [0.5, 0.6) is 11.5 Å². The number of carbonyl (C=O) groups is 2. The van der Waals surface area contributed by atoms with Crippen molar-refractivity contribution in [1.82, 2.24) is 10.2 Å². The maximum Gasteiger partial charge on any atom is 0.242 e. The first-order valence-electron chi connectivity index (χ1n) is 11.3. The van der Waals surface area contributed by atoms with Crippen LogP contribution in [0.1, 0.15) is 50.7 Å². The van der Waals surface area contributed by atoms with Crippen molar-refractivity contribution >= 4 is 35.0 Å². The second-order valence-electron chi connectivity index (χ2n) is 7.98. The van der Waals surface area contributed by atoms with E-state index in [4.69, 9.17) is 32.7 Å². The van der Waals surface area contributed by atoms with E-state index in [2.05, 4.69) is 12.2 Å². The van der Waals surface area contributed by atoms with Crippen LogP contribution in [0.25, 0.3) is 0 Å². The molecule has 1 aliphatic rings. The van der Waals surface area contributed by atoms with Gasteiger partial charge in [0.15, 0.2) is 11.5 Å². The Kier molecular flexibility index (Phi) is 9.27. The molecule has 0 spiro atoms. The second-order valence-corrected chi connectivity index (χ2v) is 8.79. The number of hydrogen-bond donors (Lipinski definition) is 1. The molecule has 1 heterocycles. The fourth-order valence-corrected chi connectivity index (χ4v) is 4.29. The van der Waals surface area contributed by atoms with Gasteiger partial charge in [0.2, 0.25) is 18.6 Å². The largest absolute Gasteiger partial charge is 0.454 e. The van der Waals surface area contributed by atoms with Crippen LogP contribution in [0.15, 0.2) is 36.4 Å². The number of nitrogens with one attached hydrogen (secondary N) is 1. The van der Waals surface area contributed by atoms with E-state index in [1.807, 2.05) is 25.1 Å². The quantitative estimate of drug-likeness (QED) is 0.427. The zero-order chi connectivity index (χ0) is 23.8. The molecule has 3 rings (SSSR count). The lowest BCUT2D eigenvalue weighted by Gasteiger charge is -2.31. The first-order valence-corrected chi connectivity index (χ1v) is 12.1. The number of halogens is 2. The smallest absolute Gasteiger partial charge is 0.242 e. The van der Waals surface area contributed by atoms with Crippen molar-refractivity contribution in [1.29, 1.82) is 0 Å². The standard InChI is InChI=1S/C25H30Cl2N2O4/c1-3-5-13-28-25(31)21(4-2)29(15-18-19(26)7-6-8-20(18)27)24(30)12-10-17-9-11-22-23(14-17)33-16-32-22/h6-9,11,14,21H,3-5,10,12-13,15-16H2,1-2H3,(H,28,31)/t21-/m1/s1. The van der Waals surface area contributed by atoms with Crippen LogP contribution in [0.4, 0.5) is 0 Å². The molecule has 0 radical (unpaired) electrons. The normalized spacial score (nSPS) is 13.0. The lowest BCUT2D eigenvalue weighted by molar-refractivity contribution is -0.141. The third kappa shape index (κ3) is 6.55. The minimum Gasteiger partial charge on any atom is -0.454 e. The van der Waals surface area contributed by atoms with Crippen LogP contribution >= 0.6 is 23.2 Å². The summed E-state index contributed by atoms with van der Waals surface area (Å²) in [5, 5.41) is 3.90. The van der Waals surface area contributed by atoms with Gasteiger partial charge >= 0.3 is 0 Å². The molecule has 1 N–H and O–H groups in total. The Hall–Kier alpha value is -2.44. The summed E-state index contributed by atoms with van der Waals surface area (Å²) in [5.74, 6) is 1.09. The van der Waals surface area contributed by atoms with Gasteiger partial charge in [-0.1, -0.05) is 55.6 Å². The van der Waals surface area contributed by atoms with E-state index in [0.717, 1.165) is 18.4 Å². The molecule has 0 bridgehead atoms. The zero-order valence-corrected chi connectivity index (χ0v) is 20.5. The number of benzene rings is 2. The monoisotopic (exact) mass is 492 g/mol. The Bertz CT molecular complexity index is 963. The molecule has 0 aromatic heterocycles. The minimum atomic E-state index is -0.613. The molecule has 0 aliphatic carbocycles. The van der Waals surface area contributed by atoms with Gasteiger partial charge in [0.1, 0.15) is 6.04 Å². The van der Waals surface area contributed by atoms with E-state index in [-0.39, 0.29) is 31.6 Å². The highest BCUT2D eigenvalue weighted by Gasteiger charge is 2.29. The molecule has 0 saturated carbocycles. The van der Waals surface area contributed by atoms with Gasteiger partial charge in [0.05, 0.1) is 0 Å². The lowest BCUT2D eigenvalue weighted by Crippen LogP contribution is -2.49. The van der Waals surface area contributed by atoms with Gasteiger partial charge in [-0.2, -0.15) is 0 Å². The summed E-state index contributed by atoms with van der Waals surface area (Å²) in [6.45, 7) is 4.91. The number of rotatable bonds is 11. The van der Waals surface area contributed by atoms with Crippen molar-refractivity contribution in [3.63, 3.8) is 0 Å². The molecule has 2 aromatic rings. The van der Waals surface area contributed by atoms with Crippen molar-refractivity contribution in [3.05, 3.63) is 57.6 Å². The molecular formula is C25H30Cl2N2O4. The van der Waals surface area contributed by atoms with Gasteiger partial charge in [-0.25, -0.2) is 0 Å². The number of carbonyl (C=O) groups excluding carboxylic acids is 2. The Morgan fingerprint density at radius 1 is 1.09 bits per heavy atom. The molecule has 8 heteroatoms. The number of nitrogens with zero attached hydrogens (tertiary/aromatic N) is 1. The average molecular weight is 493 g/mol. The molecule has 0 unspecified atom stereocenters. The summed E-state index contributed by atoms with van der Waals surface area (Å²) < 4.78 is 10.8. The average Bonchev–Trinajstić information content (AvgIpc) is 3.27. The summed E-state index contributed by atoms with van der Waals surface area (Å²) >= 11 is 12.8. The second kappa shape index (κ2) is 12.1. The van der Waals surface area contributed by atoms with Crippen LogP contribution in [0.2, 0.25) is 10.0 Å². The first-order chi connectivity index (χ1) is 15.9. The lowest BCUT2D eigenvalue weighted by atomic mass is 10.1. The predicted molar refractivity (Wildman–Crippen MR) is 130 cm³/mol. The van der Waals surface area contributed by atoms with Crippen molar-refractivity contribution in [2.75, 3.05) is 13.3 Å². The predicted octanol–water partition coefficient (Wildman–Crippen LogP) is 5.38. The Labute approximate surface area is 205 Å². The van der Waals surface area contributed by atoms with Gasteiger partial charge in [-0.3, -0.25) is 9.59 Å². The number of ether oxygens (including phenoxy) is 2. The maximum atomic E-state index is 13.4. The van der Waals surface area contributed by atoms with E-state index < -0.39 is 6.04 Å². The molecular weight excluding hydrogens is 463 g/mol. The van der Waals surface area contributed by atoms with Crippen molar-refractivity contribution in [3.8, 4) is 11.5 Å². The van der Waals surface area contributed by atoms with Crippen LogP contribution < -0.4 is 14.8 Å². The molecule has 6 nitrogen and oxygen atoms in total. The maximum absolute atomic E-state index is 13.4. The molecule has 1 aliphatic heterocycles. The number of unbranched alkanes of at least 4 members (excludes halogenated alkanes) is 1. The molecule has 0 fully saturated rings. The highest BCUT2D eigenvalue weighted by molar-refractivity contribution is 6.36. The third-order valence-corrected chi connectivity index (χ3v) is 6.38. The number of hydrogen-bond acceptors (Lipinski definition) is 4. The number of fused-ring (bicyclic) bond motifs is 1. The molecule has 178 valence electrons. The first kappa shape index (κ1) is 25.2. The Morgan fingerprint density at radius 3 is 2.52 bits per heavy atom. The van der Waals surface area contributed by atoms with E-state index in [1.165, 1.54) is 0 Å². The highest BCUT2D eigenvalue weighted by atomic mass is 35.5. The van der Waals surface area contributed by atoms with Gasteiger partial charge in [-0.05, 0) is 49.1 Å². The van der Waals surface area contributed by atoms with E-state index in [0.29, 0.717) is 46.5 Å². The van der Waals surface area contributed by atoms with Gasteiger partial charge < -0.3 is 19.7 Å². The molecule has 0 saturated heterocycles. The molecule has 2 aromatic carbocycles. The summed E-state index contributed by atoms with van der Waals surface area (Å²) in [7, 11) is 0. The van der Waals surface area contributed by atoms with E-state index in [1.54, 1.807) is 23.1 Å². The number of amides is 2. The topological polar surface area (TPSA) is 67.9 Å². The highest BCUT2D eigenvalue weighted by Crippen LogP contribution is 2.33. The summed E-state index contributed by atoms with van der Waals surface area (Å²) in [6, 6.07) is 10.3. The molecule has 33 heavy (non-hydrogen) atoms. The summed E-state index contributed by atoms with van der Waals surface area (Å²) in [5.41, 5.74) is 1.60. The minimum absolute atomic E-state index is 0.138. The Morgan fingerprint density at radius 2 is 1.82 bits per heavy atom. The van der Waals surface area contributed by atoms with Crippen LogP contribution in [-0.2, 0) is 22.6 Å². The van der Waals surface area contributed by atoms with E-state index in [9.17, 15) is 9.59 Å². The van der Waals surface area contributed by atoms with Crippen molar-refractivity contribution in [2.24, 2.45) is 0 Å². The summed E-state index contributed by atoms with van der Waals surface area (Å²) in [4.78, 5) is 28.0. The van der Waals surface area contributed by atoms with Crippen LogP contribution in [0, 0.1) is 0 Å². The summed E-state index contributed by atoms with van der Waals surface area (Å²) in [6.07, 6.45) is 3.09. The van der Waals surface area contributed by atoms with E-state index >= 15 is 0 Å². The molecule has 1 atom stereocenters. The Balaban J connectivity index is 1.78. The van der Waals surface area contributed by atoms with Gasteiger partial charge in [0.25, 0.3) is 0 Å². The van der Waals surface area contributed by atoms with Crippen LogP contribution in [0.3, 0.4) is 0 Å².